The summed E-state index contributed by atoms with van der Waals surface area (Å²) in [6, 6.07) is 3.69. The largest absolute Gasteiger partial charge is 0.481 e. The first kappa shape index (κ1) is 32.2. The lowest BCUT2D eigenvalue weighted by atomic mass is 9.50. The van der Waals surface area contributed by atoms with Crippen molar-refractivity contribution in [2.24, 2.45) is 0 Å². The first-order valence-electron chi connectivity index (χ1n) is 15.8. The van der Waals surface area contributed by atoms with Crippen molar-refractivity contribution in [3.8, 4) is 5.75 Å². The summed E-state index contributed by atoms with van der Waals surface area (Å²) in [5.41, 5.74) is 0.563. The van der Waals surface area contributed by atoms with Crippen LogP contribution in [-0.2, 0) is 47.0 Å². The molecule has 1 aromatic carbocycles. The Morgan fingerprint density at radius 1 is 1.11 bits per heavy atom. The lowest BCUT2D eigenvalue weighted by Crippen LogP contribution is -2.74. The number of aliphatic hydroxyl groups excluding tert-OH is 1. The van der Waals surface area contributed by atoms with Crippen molar-refractivity contribution >= 4 is 17.9 Å². The van der Waals surface area contributed by atoms with Crippen LogP contribution in [0, 0.1) is 0 Å². The Bertz CT molecular complexity index is 1320. The van der Waals surface area contributed by atoms with Crippen LogP contribution in [0.4, 0.5) is 0 Å². The van der Waals surface area contributed by atoms with Crippen LogP contribution in [0.5, 0.6) is 5.75 Å². The fourth-order valence-corrected chi connectivity index (χ4v) is 7.54. The predicted molar refractivity (Wildman–Crippen MR) is 161 cm³/mol. The zero-order valence-electron chi connectivity index (χ0n) is 26.0. The van der Waals surface area contributed by atoms with Gasteiger partial charge in [0.25, 0.3) is 0 Å². The quantitative estimate of drug-likeness (QED) is 0.139. The highest BCUT2D eigenvalue weighted by Crippen LogP contribution is 2.64. The number of hydrogen-bond acceptors (Lipinski definition) is 10. The summed E-state index contributed by atoms with van der Waals surface area (Å²) < 4.78 is 22.8. The molecule has 1 spiro atoms. The van der Waals surface area contributed by atoms with Crippen LogP contribution in [0.2, 0.25) is 0 Å². The maximum Gasteiger partial charge on any atom is 0.352 e. The van der Waals surface area contributed by atoms with Crippen molar-refractivity contribution < 1.29 is 43.5 Å². The van der Waals surface area contributed by atoms with Gasteiger partial charge < -0.3 is 34.1 Å². The van der Waals surface area contributed by atoms with E-state index >= 15 is 0 Å². The minimum Gasteiger partial charge on any atom is -0.481 e. The first-order chi connectivity index (χ1) is 21.1. The van der Waals surface area contributed by atoms with Gasteiger partial charge >= 0.3 is 17.9 Å². The Labute approximate surface area is 259 Å². The van der Waals surface area contributed by atoms with E-state index in [9.17, 15) is 24.6 Å². The van der Waals surface area contributed by atoms with Gasteiger partial charge in [0.15, 0.2) is 18.3 Å². The van der Waals surface area contributed by atoms with Crippen LogP contribution in [0.3, 0.4) is 0 Å². The van der Waals surface area contributed by atoms with E-state index in [1.54, 1.807) is 6.08 Å². The highest BCUT2D eigenvalue weighted by atomic mass is 16.6. The monoisotopic (exact) mass is 611 g/mol. The normalized spacial score (nSPS) is 27.7. The molecule has 4 aliphatic rings. The molecule has 44 heavy (non-hydrogen) atoms. The number of allylic oxidation sites excluding steroid dienone is 1. The molecular weight excluding hydrogens is 566 g/mol. The number of unbranched alkanes of at least 4 members (excludes halogenated alkanes) is 5. The van der Waals surface area contributed by atoms with Crippen LogP contribution in [0.1, 0.15) is 88.3 Å². The van der Waals surface area contributed by atoms with Crippen LogP contribution in [0.15, 0.2) is 36.6 Å². The number of rotatable bonds is 14. The van der Waals surface area contributed by atoms with Gasteiger partial charge in [0.2, 0.25) is 0 Å². The summed E-state index contributed by atoms with van der Waals surface area (Å²) in [5.74, 6) is -1.34. The third-order valence-corrected chi connectivity index (χ3v) is 9.90. The van der Waals surface area contributed by atoms with Gasteiger partial charge in [-0.25, -0.2) is 9.59 Å². The van der Waals surface area contributed by atoms with Gasteiger partial charge in [-0.05, 0) is 71.2 Å². The second-order valence-corrected chi connectivity index (χ2v) is 12.6. The van der Waals surface area contributed by atoms with Gasteiger partial charge in [-0.2, -0.15) is 0 Å². The SMILES string of the molecule is C=CCCCCCCCC(=O)O[C@H](C)C(=O)O[C@@H](C)C(=O)OC1=CC[C@@]2(O)[C@H]3Cc4ccc(CO)c5c4C2(CCN3C)C1O5. The molecule has 2 aliphatic heterocycles. The van der Waals surface area contributed by atoms with E-state index in [1.165, 1.54) is 13.8 Å². The van der Waals surface area contributed by atoms with Crippen molar-refractivity contribution in [1.29, 1.82) is 0 Å². The average Bonchev–Trinajstić information content (AvgIpc) is 3.35. The molecule has 2 N–H and O–H groups in total. The fourth-order valence-electron chi connectivity index (χ4n) is 7.54. The standard InChI is InChI=1S/C34H45NO9/c1-5-6-7-8-9-10-11-12-27(37)41-21(2)31(38)42-22(3)32(39)43-25-15-16-34(40)26-19-23-13-14-24(20-36)29-28(23)33(34,30(25)44-29)17-18-35(26)4/h5,13-15,21-22,26,30,36,40H,1,6-12,16-20H2,2-4H3/t21-,22+,26-,30?,33?,34-/m1/s1. The minimum atomic E-state index is -1.28. The van der Waals surface area contributed by atoms with Gasteiger partial charge in [-0.1, -0.05) is 37.5 Å². The van der Waals surface area contributed by atoms with Crippen LogP contribution >= 0.6 is 0 Å². The van der Waals surface area contributed by atoms with Crippen molar-refractivity contribution in [2.45, 2.75) is 120 Å². The molecule has 0 amide bonds. The maximum absolute atomic E-state index is 13.2. The molecule has 2 unspecified atom stereocenters. The number of carbonyl (C=O) groups excluding carboxylic acids is 3. The average molecular weight is 612 g/mol. The molecule has 5 rings (SSSR count). The van der Waals surface area contributed by atoms with Crippen molar-refractivity contribution in [2.75, 3.05) is 13.6 Å². The Morgan fingerprint density at radius 3 is 2.59 bits per heavy atom. The number of esters is 3. The molecule has 2 aliphatic carbocycles. The molecule has 240 valence electrons. The summed E-state index contributed by atoms with van der Waals surface area (Å²) >= 11 is 0. The molecule has 2 heterocycles. The number of nitrogens with zero attached hydrogens (tertiary/aromatic N) is 1. The summed E-state index contributed by atoms with van der Waals surface area (Å²) in [4.78, 5) is 40.2. The van der Waals surface area contributed by atoms with Crippen LogP contribution in [-0.4, -0.2) is 76.6 Å². The van der Waals surface area contributed by atoms with E-state index in [4.69, 9.17) is 18.9 Å². The zero-order chi connectivity index (χ0) is 31.6. The minimum absolute atomic E-state index is 0.152. The van der Waals surface area contributed by atoms with Crippen LogP contribution in [0.25, 0.3) is 0 Å². The second-order valence-electron chi connectivity index (χ2n) is 12.6. The number of likely N-dealkylation sites (tertiary alicyclic amines) is 1. The van der Waals surface area contributed by atoms with Crippen molar-refractivity contribution in [3.63, 3.8) is 0 Å². The van der Waals surface area contributed by atoms with Crippen molar-refractivity contribution in [1.82, 2.24) is 4.90 Å². The summed E-state index contributed by atoms with van der Waals surface area (Å²) in [5, 5.41) is 22.4. The van der Waals surface area contributed by atoms with E-state index in [1.807, 2.05) is 25.3 Å². The molecule has 6 atom stereocenters. The summed E-state index contributed by atoms with van der Waals surface area (Å²) in [7, 11) is 2.01. The van der Waals surface area contributed by atoms with E-state index in [-0.39, 0.29) is 31.2 Å². The number of likely N-dealkylation sites (N-methyl/N-ethyl adjacent to an activating group) is 1. The number of hydrogen-bond donors (Lipinski definition) is 2. The molecule has 1 aromatic rings. The Balaban J connectivity index is 1.21. The number of piperidine rings is 1. The van der Waals surface area contributed by atoms with Crippen molar-refractivity contribution in [3.05, 3.63) is 53.3 Å². The molecule has 2 bridgehead atoms. The maximum atomic E-state index is 13.2. The van der Waals surface area contributed by atoms with E-state index < -0.39 is 47.2 Å². The third-order valence-electron chi connectivity index (χ3n) is 9.90. The Hall–Kier alpha value is -3.21. The topological polar surface area (TPSA) is 132 Å². The van der Waals surface area contributed by atoms with Gasteiger partial charge in [0.1, 0.15) is 11.5 Å². The Morgan fingerprint density at radius 2 is 1.84 bits per heavy atom. The first-order valence-corrected chi connectivity index (χ1v) is 15.8. The molecule has 0 aromatic heterocycles. The summed E-state index contributed by atoms with van der Waals surface area (Å²) in [6.07, 6.45) is 7.80. The number of ether oxygens (including phenoxy) is 4. The van der Waals surface area contributed by atoms with Gasteiger partial charge in [-0.15, -0.1) is 6.58 Å². The fraction of sp³-hybridized carbons (Fsp3) is 0.618. The van der Waals surface area contributed by atoms with E-state index in [2.05, 4.69) is 11.5 Å². The predicted octanol–water partition coefficient (Wildman–Crippen LogP) is 3.78. The smallest absolute Gasteiger partial charge is 0.352 e. The van der Waals surface area contributed by atoms with Gasteiger partial charge in [0.05, 0.1) is 17.6 Å². The van der Waals surface area contributed by atoms with E-state index in [0.29, 0.717) is 30.6 Å². The molecule has 1 saturated heterocycles. The van der Waals surface area contributed by atoms with Crippen LogP contribution < -0.4 is 4.74 Å². The molecular formula is C34H45NO9. The molecule has 1 fully saturated rings. The van der Waals surface area contributed by atoms with E-state index in [0.717, 1.165) is 49.8 Å². The molecule has 10 nitrogen and oxygen atoms in total. The number of benzene rings is 1. The Kier molecular flexibility index (Phi) is 9.53. The van der Waals surface area contributed by atoms with Gasteiger partial charge in [-0.3, -0.25) is 4.79 Å². The lowest BCUT2D eigenvalue weighted by molar-refractivity contribution is -0.180. The number of carbonyl (C=O) groups is 3. The molecule has 0 radical (unpaired) electrons. The summed E-state index contributed by atoms with van der Waals surface area (Å²) in [6.45, 7) is 7.02. The lowest BCUT2D eigenvalue weighted by Gasteiger charge is -2.61. The third kappa shape index (κ3) is 5.56. The highest BCUT2D eigenvalue weighted by molar-refractivity contribution is 5.83. The molecule has 10 heteroatoms. The second kappa shape index (κ2) is 13.0. The van der Waals surface area contributed by atoms with Gasteiger partial charge in [0, 0.05) is 30.0 Å². The molecule has 0 saturated carbocycles. The number of aliphatic hydroxyl groups is 2. The highest BCUT2D eigenvalue weighted by Gasteiger charge is 2.71. The zero-order valence-corrected chi connectivity index (χ0v) is 26.0.